The molecule has 0 atom stereocenters. The summed E-state index contributed by atoms with van der Waals surface area (Å²) in [5.74, 6) is 1.02. The number of hydrogen-bond acceptors (Lipinski definition) is 7. The Hall–Kier alpha value is -3.13. The Kier molecular flexibility index (Phi) is 5.33. The fourth-order valence-corrected chi connectivity index (χ4v) is 2.99. The highest BCUT2D eigenvalue weighted by molar-refractivity contribution is 7.13. The van der Waals surface area contributed by atoms with Gasteiger partial charge in [0.25, 0.3) is 0 Å². The Morgan fingerprint density at radius 2 is 2.00 bits per heavy atom. The van der Waals surface area contributed by atoms with Crippen molar-refractivity contribution >= 4 is 27.8 Å². The van der Waals surface area contributed by atoms with Gasteiger partial charge < -0.3 is 14.8 Å². The van der Waals surface area contributed by atoms with Gasteiger partial charge in [0, 0.05) is 17.1 Å². The molecule has 3 rings (SSSR count). The van der Waals surface area contributed by atoms with Gasteiger partial charge in [-0.3, -0.25) is 10.1 Å². The number of aromatic nitrogens is 1. The van der Waals surface area contributed by atoms with E-state index in [2.05, 4.69) is 10.3 Å². The molecule has 0 spiro atoms. The van der Waals surface area contributed by atoms with Crippen LogP contribution in [-0.4, -0.2) is 17.0 Å². The number of ether oxygens (including phenoxy) is 2. The number of thiazole rings is 1. The quantitative estimate of drug-likeness (QED) is 0.479. The van der Waals surface area contributed by atoms with Gasteiger partial charge in [0.15, 0.2) is 10.9 Å². The topological polar surface area (TPSA) is 86.5 Å². The van der Waals surface area contributed by atoms with Crippen LogP contribution in [0.25, 0.3) is 0 Å². The average molecular weight is 371 g/mol. The smallest absolute Gasteiger partial charge is 0.311 e. The largest absolute Gasteiger partial charge is 0.497 e. The summed E-state index contributed by atoms with van der Waals surface area (Å²) < 4.78 is 10.7. The number of nitrogens with one attached hydrogen (secondary N) is 1. The van der Waals surface area contributed by atoms with Crippen LogP contribution in [0.4, 0.5) is 16.5 Å². The lowest BCUT2D eigenvalue weighted by Crippen LogP contribution is -2.00. The van der Waals surface area contributed by atoms with Crippen LogP contribution < -0.4 is 14.8 Å². The molecular formula is C18H17N3O4S. The third-order valence-electron chi connectivity index (χ3n) is 3.58. The lowest BCUT2D eigenvalue weighted by atomic mass is 10.2. The van der Waals surface area contributed by atoms with Gasteiger partial charge in [0.2, 0.25) is 0 Å². The minimum atomic E-state index is -0.444. The minimum Gasteiger partial charge on any atom is -0.497 e. The van der Waals surface area contributed by atoms with Gasteiger partial charge in [0.1, 0.15) is 12.4 Å². The van der Waals surface area contributed by atoms with Gasteiger partial charge in [-0.25, -0.2) is 4.98 Å². The minimum absolute atomic E-state index is 0.0446. The fourth-order valence-electron chi connectivity index (χ4n) is 2.27. The summed E-state index contributed by atoms with van der Waals surface area (Å²) in [5.41, 5.74) is 2.35. The van der Waals surface area contributed by atoms with Crippen LogP contribution in [0.1, 0.15) is 11.3 Å². The van der Waals surface area contributed by atoms with Crippen molar-refractivity contribution in [2.75, 3.05) is 12.4 Å². The Labute approximate surface area is 154 Å². The number of hydrogen-bond donors (Lipinski definition) is 1. The molecule has 0 saturated heterocycles. The van der Waals surface area contributed by atoms with Gasteiger partial charge in [0.05, 0.1) is 17.7 Å². The first-order valence-corrected chi connectivity index (χ1v) is 8.66. The van der Waals surface area contributed by atoms with Gasteiger partial charge in [-0.05, 0) is 42.8 Å². The molecule has 1 aromatic heterocycles. The first-order valence-electron chi connectivity index (χ1n) is 7.78. The van der Waals surface area contributed by atoms with Crippen LogP contribution in [0.3, 0.4) is 0 Å². The molecule has 0 saturated carbocycles. The van der Waals surface area contributed by atoms with Crippen molar-refractivity contribution in [2.45, 2.75) is 13.5 Å². The molecule has 7 nitrogen and oxygen atoms in total. The molecule has 1 heterocycles. The summed E-state index contributed by atoms with van der Waals surface area (Å²) in [4.78, 5) is 15.1. The first kappa shape index (κ1) is 17.7. The maximum absolute atomic E-state index is 11.1. The highest BCUT2D eigenvalue weighted by atomic mass is 32.1. The van der Waals surface area contributed by atoms with Gasteiger partial charge in [-0.15, -0.1) is 11.3 Å². The molecule has 0 amide bonds. The van der Waals surface area contributed by atoms with E-state index < -0.39 is 4.92 Å². The van der Waals surface area contributed by atoms with E-state index in [1.807, 2.05) is 29.6 Å². The third-order valence-corrected chi connectivity index (χ3v) is 4.39. The molecule has 2 aromatic carbocycles. The van der Waals surface area contributed by atoms with Crippen LogP contribution in [-0.2, 0) is 6.61 Å². The SMILES string of the molecule is COc1ccc(Nc2nc(COc3ccc(C)cc3[N+](=O)[O-])cs2)cc1. The van der Waals surface area contributed by atoms with Crippen LogP contribution in [0.15, 0.2) is 47.8 Å². The van der Waals surface area contributed by atoms with Crippen LogP contribution >= 0.6 is 11.3 Å². The lowest BCUT2D eigenvalue weighted by molar-refractivity contribution is -0.386. The maximum Gasteiger partial charge on any atom is 0.311 e. The summed E-state index contributed by atoms with van der Waals surface area (Å²) in [6.45, 7) is 1.96. The third kappa shape index (κ3) is 4.28. The zero-order chi connectivity index (χ0) is 18.5. The molecular weight excluding hydrogens is 354 g/mol. The first-order chi connectivity index (χ1) is 12.5. The summed E-state index contributed by atoms with van der Waals surface area (Å²) in [7, 11) is 1.62. The standard InChI is InChI=1S/C18H17N3O4S/c1-12-3-8-17(16(9-12)21(22)23)25-10-14-11-26-18(20-14)19-13-4-6-15(24-2)7-5-13/h3-9,11H,10H2,1-2H3,(H,19,20). The molecule has 3 aromatic rings. The second-order valence-electron chi connectivity index (χ2n) is 5.51. The van der Waals surface area contributed by atoms with Crippen molar-refractivity contribution in [2.24, 2.45) is 0 Å². The summed E-state index contributed by atoms with van der Waals surface area (Å²) in [5, 5.41) is 16.9. The van der Waals surface area contributed by atoms with Crippen LogP contribution in [0, 0.1) is 17.0 Å². The van der Waals surface area contributed by atoms with Gasteiger partial charge in [-0.2, -0.15) is 0 Å². The molecule has 0 radical (unpaired) electrons. The number of anilines is 2. The monoisotopic (exact) mass is 371 g/mol. The predicted octanol–water partition coefficient (Wildman–Crippen LogP) is 4.69. The average Bonchev–Trinajstić information content (AvgIpc) is 3.08. The Bertz CT molecular complexity index is 909. The molecule has 8 heteroatoms. The number of benzene rings is 2. The van der Waals surface area contributed by atoms with E-state index in [4.69, 9.17) is 9.47 Å². The summed E-state index contributed by atoms with van der Waals surface area (Å²) in [6, 6.07) is 12.4. The molecule has 134 valence electrons. The zero-order valence-electron chi connectivity index (χ0n) is 14.3. The van der Waals surface area contributed by atoms with E-state index in [0.29, 0.717) is 10.8 Å². The van der Waals surface area contributed by atoms with E-state index in [1.165, 1.54) is 17.4 Å². The molecule has 1 N–H and O–H groups in total. The van der Waals surface area contributed by atoms with E-state index in [-0.39, 0.29) is 18.0 Å². The van der Waals surface area contributed by atoms with Crippen molar-refractivity contribution in [3.05, 3.63) is 69.2 Å². The van der Waals surface area contributed by atoms with Crippen molar-refractivity contribution in [3.63, 3.8) is 0 Å². The number of aryl methyl sites for hydroxylation is 1. The van der Waals surface area contributed by atoms with Crippen LogP contribution in [0.5, 0.6) is 11.5 Å². The highest BCUT2D eigenvalue weighted by Gasteiger charge is 2.15. The Morgan fingerprint density at radius 1 is 1.23 bits per heavy atom. The molecule has 0 fully saturated rings. The zero-order valence-corrected chi connectivity index (χ0v) is 15.1. The van der Waals surface area contributed by atoms with E-state index in [0.717, 1.165) is 17.0 Å². The second kappa shape index (κ2) is 7.83. The van der Waals surface area contributed by atoms with Gasteiger partial charge in [-0.1, -0.05) is 6.07 Å². The van der Waals surface area contributed by atoms with Crippen molar-refractivity contribution in [1.82, 2.24) is 4.98 Å². The van der Waals surface area contributed by atoms with Gasteiger partial charge >= 0.3 is 5.69 Å². The van der Waals surface area contributed by atoms with E-state index >= 15 is 0 Å². The number of nitrogens with zero attached hydrogens (tertiary/aromatic N) is 2. The number of nitro groups is 1. The molecule has 0 bridgehead atoms. The molecule has 0 aliphatic heterocycles. The number of nitro benzene ring substituents is 1. The molecule has 0 aliphatic carbocycles. The van der Waals surface area contributed by atoms with Crippen molar-refractivity contribution in [3.8, 4) is 11.5 Å². The van der Waals surface area contributed by atoms with Crippen molar-refractivity contribution in [1.29, 1.82) is 0 Å². The predicted molar refractivity (Wildman–Crippen MR) is 101 cm³/mol. The summed E-state index contributed by atoms with van der Waals surface area (Å²) >= 11 is 1.44. The van der Waals surface area contributed by atoms with E-state index in [1.54, 1.807) is 26.2 Å². The van der Waals surface area contributed by atoms with Crippen LogP contribution in [0.2, 0.25) is 0 Å². The highest BCUT2D eigenvalue weighted by Crippen LogP contribution is 2.29. The normalized spacial score (nSPS) is 10.4. The molecule has 0 unspecified atom stereocenters. The van der Waals surface area contributed by atoms with E-state index in [9.17, 15) is 10.1 Å². The number of methoxy groups -OCH3 is 1. The lowest BCUT2D eigenvalue weighted by Gasteiger charge is -2.06. The maximum atomic E-state index is 11.1. The molecule has 26 heavy (non-hydrogen) atoms. The Balaban J connectivity index is 1.64. The van der Waals surface area contributed by atoms with Crippen molar-refractivity contribution < 1.29 is 14.4 Å². The number of rotatable bonds is 7. The Morgan fingerprint density at radius 3 is 2.69 bits per heavy atom. The summed E-state index contributed by atoms with van der Waals surface area (Å²) in [6.07, 6.45) is 0. The molecule has 0 aliphatic rings. The second-order valence-corrected chi connectivity index (χ2v) is 6.37. The fraction of sp³-hybridized carbons (Fsp3) is 0.167.